The van der Waals surface area contributed by atoms with Gasteiger partial charge in [-0.15, -0.1) is 0 Å². The van der Waals surface area contributed by atoms with Crippen LogP contribution in [0.1, 0.15) is 59.1 Å². The molecule has 3 aromatic carbocycles. The van der Waals surface area contributed by atoms with E-state index >= 15 is 0 Å². The average molecular weight is 675 g/mol. The third-order valence-corrected chi connectivity index (χ3v) is 8.55. The first-order valence-electron chi connectivity index (χ1n) is 18.9. The SMILES string of the molecule is [2H]C([2H])(Sc1nc(=O)c2c(n1CC(=O)N(CCN(CC)CC)Cc1ccc(-c3ccc(C(F)(F)F)cc3)cc1)C([2H])([2H])C([2H])([2H])C2([2H])[2H])c1ccc(F)cc1. The Kier molecular flexibility index (Phi) is 8.17. The van der Waals surface area contributed by atoms with E-state index in [1.807, 2.05) is 18.7 Å². The van der Waals surface area contributed by atoms with Gasteiger partial charge >= 0.3 is 6.18 Å². The van der Waals surface area contributed by atoms with Crippen LogP contribution in [0.5, 0.6) is 0 Å². The molecule has 0 atom stereocenters. The predicted octanol–water partition coefficient (Wildman–Crippen LogP) is 7.22. The second kappa shape index (κ2) is 15.3. The van der Waals surface area contributed by atoms with Gasteiger partial charge in [0.2, 0.25) is 5.91 Å². The van der Waals surface area contributed by atoms with Crippen LogP contribution < -0.4 is 5.56 Å². The minimum absolute atomic E-state index is 0.00333. The van der Waals surface area contributed by atoms with Gasteiger partial charge in [0.15, 0.2) is 5.16 Å². The van der Waals surface area contributed by atoms with E-state index in [1.165, 1.54) is 17.0 Å². The maximum Gasteiger partial charge on any atom is 0.416 e. The van der Waals surface area contributed by atoms with Crippen molar-refractivity contribution in [1.82, 2.24) is 19.4 Å². The summed E-state index contributed by atoms with van der Waals surface area (Å²) in [6.45, 7) is 4.94. The highest BCUT2D eigenvalue weighted by Gasteiger charge is 2.30. The Balaban J connectivity index is 1.55. The molecule has 5 rings (SSSR count). The Morgan fingerprint density at radius 3 is 2.17 bits per heavy atom. The molecular formula is C36H38F4N4O2S. The zero-order chi connectivity index (χ0) is 40.7. The number of hydrogen-bond acceptors (Lipinski definition) is 5. The van der Waals surface area contributed by atoms with Gasteiger partial charge in [-0.25, -0.2) is 4.39 Å². The molecule has 1 heterocycles. The molecule has 248 valence electrons. The molecule has 0 radical (unpaired) electrons. The molecule has 0 saturated heterocycles. The van der Waals surface area contributed by atoms with Crippen LogP contribution >= 0.6 is 11.8 Å². The molecule has 0 spiro atoms. The fraction of sp³-hybridized carbons (Fsp3) is 0.361. The number of aromatic nitrogens is 2. The van der Waals surface area contributed by atoms with Crippen molar-refractivity contribution in [3.63, 3.8) is 0 Å². The van der Waals surface area contributed by atoms with Crippen molar-refractivity contribution in [2.24, 2.45) is 0 Å². The van der Waals surface area contributed by atoms with Crippen molar-refractivity contribution in [2.75, 3.05) is 26.2 Å². The maximum atomic E-state index is 14.4. The number of benzene rings is 3. The summed E-state index contributed by atoms with van der Waals surface area (Å²) in [5, 5.41) is -0.520. The zero-order valence-electron chi connectivity index (χ0n) is 33.7. The number of fused-ring (bicyclic) bond motifs is 1. The average Bonchev–Trinajstić information content (AvgIpc) is 3.23. The monoisotopic (exact) mass is 674 g/mol. The van der Waals surface area contributed by atoms with Crippen molar-refractivity contribution < 1.29 is 33.3 Å². The number of hydrogen-bond donors (Lipinski definition) is 0. The van der Waals surface area contributed by atoms with Gasteiger partial charge in [0.05, 0.1) is 5.56 Å². The molecule has 6 nitrogen and oxygen atoms in total. The van der Waals surface area contributed by atoms with Crippen molar-refractivity contribution in [1.29, 1.82) is 0 Å². The summed E-state index contributed by atoms with van der Waals surface area (Å²) in [6, 6.07) is 15.8. The van der Waals surface area contributed by atoms with Crippen molar-refractivity contribution in [3.05, 3.63) is 117 Å². The highest BCUT2D eigenvalue weighted by atomic mass is 32.2. The predicted molar refractivity (Wildman–Crippen MR) is 177 cm³/mol. The van der Waals surface area contributed by atoms with Crippen LogP contribution in [-0.4, -0.2) is 51.4 Å². The van der Waals surface area contributed by atoms with Gasteiger partial charge < -0.3 is 14.4 Å². The summed E-state index contributed by atoms with van der Waals surface area (Å²) < 4.78 is 123. The Labute approximate surface area is 287 Å². The topological polar surface area (TPSA) is 58.4 Å². The van der Waals surface area contributed by atoms with Gasteiger partial charge in [0.1, 0.15) is 12.4 Å². The largest absolute Gasteiger partial charge is 0.416 e. The molecule has 11 heteroatoms. The molecule has 1 aliphatic rings. The highest BCUT2D eigenvalue weighted by molar-refractivity contribution is 7.98. The van der Waals surface area contributed by atoms with E-state index in [2.05, 4.69) is 4.98 Å². The molecule has 1 amide bonds. The van der Waals surface area contributed by atoms with E-state index in [9.17, 15) is 27.2 Å². The molecular weight excluding hydrogens is 628 g/mol. The zero-order valence-corrected chi connectivity index (χ0v) is 26.5. The molecule has 0 aliphatic heterocycles. The Morgan fingerprint density at radius 1 is 0.936 bits per heavy atom. The molecule has 0 saturated carbocycles. The number of alkyl halides is 3. The minimum Gasteiger partial charge on any atom is -0.336 e. The number of halogens is 4. The lowest BCUT2D eigenvalue weighted by molar-refractivity contribution is -0.137. The third-order valence-electron chi connectivity index (χ3n) is 7.72. The number of carbonyl (C=O) groups is 1. The fourth-order valence-corrected chi connectivity index (χ4v) is 5.72. The van der Waals surface area contributed by atoms with Crippen LogP contribution in [0.25, 0.3) is 11.1 Å². The first-order valence-corrected chi connectivity index (χ1v) is 15.7. The minimum atomic E-state index is -4.48. The van der Waals surface area contributed by atoms with Crippen molar-refractivity contribution in [2.45, 2.75) is 63.1 Å². The van der Waals surface area contributed by atoms with Gasteiger partial charge in [-0.2, -0.15) is 18.2 Å². The molecule has 1 aromatic heterocycles. The van der Waals surface area contributed by atoms with Gasteiger partial charge in [0, 0.05) is 47.6 Å². The summed E-state index contributed by atoms with van der Waals surface area (Å²) in [5.74, 6) is -1.31. The molecule has 4 aromatic rings. The van der Waals surface area contributed by atoms with Crippen molar-refractivity contribution in [3.8, 4) is 11.1 Å². The van der Waals surface area contributed by atoms with Gasteiger partial charge in [-0.3, -0.25) is 9.59 Å². The van der Waals surface area contributed by atoms with E-state index in [0.717, 1.165) is 41.0 Å². The Bertz CT molecular complexity index is 2080. The van der Waals surface area contributed by atoms with Gasteiger partial charge in [-0.1, -0.05) is 74.1 Å². The molecule has 0 bridgehead atoms. The maximum absolute atomic E-state index is 14.4. The fourth-order valence-electron chi connectivity index (χ4n) is 4.98. The van der Waals surface area contributed by atoms with Crippen molar-refractivity contribution >= 4 is 17.7 Å². The summed E-state index contributed by atoms with van der Waals surface area (Å²) >= 11 is 0.307. The third kappa shape index (κ3) is 8.70. The molecule has 1 aliphatic carbocycles. The molecule has 0 fully saturated rings. The number of nitrogens with zero attached hydrogens (tertiary/aromatic N) is 4. The van der Waals surface area contributed by atoms with E-state index in [0.29, 0.717) is 48.1 Å². The Morgan fingerprint density at radius 2 is 1.55 bits per heavy atom. The summed E-state index contributed by atoms with van der Waals surface area (Å²) in [6.07, 6.45) is -14.2. The van der Waals surface area contributed by atoms with Crippen LogP contribution in [0.4, 0.5) is 17.6 Å². The second-order valence-electron chi connectivity index (χ2n) is 10.7. The molecule has 0 N–H and O–H groups in total. The van der Waals surface area contributed by atoms with E-state index < -0.39 is 76.8 Å². The van der Waals surface area contributed by atoms with Crippen LogP contribution in [0.2, 0.25) is 0 Å². The van der Waals surface area contributed by atoms with Crippen LogP contribution in [0.15, 0.2) is 82.7 Å². The quantitative estimate of drug-likeness (QED) is 0.0852. The van der Waals surface area contributed by atoms with E-state index in [4.69, 9.17) is 11.0 Å². The Hall–Kier alpha value is -3.96. The first-order chi connectivity index (χ1) is 25.5. The van der Waals surface area contributed by atoms with Crippen LogP contribution in [-0.2, 0) is 42.5 Å². The summed E-state index contributed by atoms with van der Waals surface area (Å²) in [5.41, 5.74) is -4.52. The van der Waals surface area contributed by atoms with Crippen LogP contribution in [0, 0.1) is 5.82 Å². The normalized spacial score (nSPS) is 18.9. The number of amides is 1. The lowest BCUT2D eigenvalue weighted by Crippen LogP contribution is -2.40. The van der Waals surface area contributed by atoms with Gasteiger partial charge in [0.25, 0.3) is 5.56 Å². The summed E-state index contributed by atoms with van der Waals surface area (Å²) in [4.78, 5) is 35.2. The van der Waals surface area contributed by atoms with Crippen LogP contribution in [0.3, 0.4) is 0 Å². The number of likely N-dealkylation sites (N-methyl/N-ethyl adjacent to an activating group) is 1. The lowest BCUT2D eigenvalue weighted by Gasteiger charge is -2.28. The lowest BCUT2D eigenvalue weighted by atomic mass is 10.0. The summed E-state index contributed by atoms with van der Waals surface area (Å²) in [7, 11) is 0. The van der Waals surface area contributed by atoms with E-state index in [-0.39, 0.29) is 18.7 Å². The highest BCUT2D eigenvalue weighted by Crippen LogP contribution is 2.31. The molecule has 47 heavy (non-hydrogen) atoms. The second-order valence-corrected chi connectivity index (χ2v) is 11.5. The number of thioether (sulfide) groups is 1. The number of rotatable bonds is 13. The molecule has 0 unspecified atom stereocenters. The van der Waals surface area contributed by atoms with Gasteiger partial charge in [-0.05, 0) is 78.7 Å². The first kappa shape index (κ1) is 25.1. The standard InChI is InChI=1S/C36H38F4N4O2S/c1-3-42(4-2)20-21-43(22-25-8-12-27(13-9-25)28-14-16-29(17-15-28)36(38,39)40)33(45)23-44-32-7-5-6-31(32)34(46)41-35(44)47-24-26-10-18-30(37)19-11-26/h8-19H,3-7,20-24H2,1-2H3/i5D2,6D2,7D2,24D2. The number of carbonyl (C=O) groups excluding carboxylic acids is 1. The smallest absolute Gasteiger partial charge is 0.336 e. The van der Waals surface area contributed by atoms with E-state index in [1.54, 1.807) is 24.3 Å².